The molecule has 0 heterocycles. The fourth-order valence-corrected chi connectivity index (χ4v) is 3.42. The van der Waals surface area contributed by atoms with Crippen LogP contribution in [0.1, 0.15) is 13.3 Å². The zero-order chi connectivity index (χ0) is 16.8. The lowest BCUT2D eigenvalue weighted by Gasteiger charge is -2.16. The number of ether oxygens (including phenoxy) is 1. The SMILES string of the molecule is CCOC(=O)[C@H](CCI)NS(=O)(=O)c1ccc([N+](=O)[O-])cc1. The number of hydrogen-bond donors (Lipinski definition) is 1. The largest absolute Gasteiger partial charge is 0.465 e. The molecule has 0 saturated heterocycles. The van der Waals surface area contributed by atoms with E-state index in [0.29, 0.717) is 4.43 Å². The number of nitro groups is 1. The second-order valence-electron chi connectivity index (χ2n) is 4.15. The molecule has 1 atom stereocenters. The first-order chi connectivity index (χ1) is 10.3. The van der Waals surface area contributed by atoms with E-state index in [1.165, 1.54) is 0 Å². The number of halogens is 1. The lowest BCUT2D eigenvalue weighted by molar-refractivity contribution is -0.384. The van der Waals surface area contributed by atoms with E-state index >= 15 is 0 Å². The van der Waals surface area contributed by atoms with Gasteiger partial charge in [0.25, 0.3) is 5.69 Å². The van der Waals surface area contributed by atoms with Gasteiger partial charge in [-0.05, 0) is 25.5 Å². The third-order valence-electron chi connectivity index (χ3n) is 2.62. The van der Waals surface area contributed by atoms with Crippen LogP contribution in [0.25, 0.3) is 0 Å². The molecule has 0 bridgehead atoms. The molecule has 0 fully saturated rings. The van der Waals surface area contributed by atoms with Gasteiger partial charge in [-0.15, -0.1) is 0 Å². The minimum atomic E-state index is -3.96. The monoisotopic (exact) mass is 442 g/mol. The number of nitro benzene ring substituents is 1. The fourth-order valence-electron chi connectivity index (χ4n) is 1.58. The van der Waals surface area contributed by atoms with E-state index in [1.54, 1.807) is 6.92 Å². The molecule has 122 valence electrons. The number of nitrogens with zero attached hydrogens (tertiary/aromatic N) is 1. The summed E-state index contributed by atoms with van der Waals surface area (Å²) < 4.78 is 32.1. The van der Waals surface area contributed by atoms with E-state index < -0.39 is 27.0 Å². The number of carbonyl (C=O) groups is 1. The molecule has 1 N–H and O–H groups in total. The Kier molecular flexibility index (Phi) is 7.16. The first-order valence-electron chi connectivity index (χ1n) is 6.31. The van der Waals surface area contributed by atoms with Gasteiger partial charge in [-0.2, -0.15) is 4.72 Å². The molecule has 0 spiro atoms. The van der Waals surface area contributed by atoms with Crippen LogP contribution in [0.4, 0.5) is 5.69 Å². The smallest absolute Gasteiger partial charge is 0.324 e. The van der Waals surface area contributed by atoms with Crippen LogP contribution in [0.2, 0.25) is 0 Å². The Hall–Kier alpha value is -1.27. The quantitative estimate of drug-likeness (QED) is 0.215. The maximum absolute atomic E-state index is 12.2. The molecule has 8 nitrogen and oxygen atoms in total. The maximum Gasteiger partial charge on any atom is 0.324 e. The van der Waals surface area contributed by atoms with E-state index in [-0.39, 0.29) is 23.6 Å². The Morgan fingerprint density at radius 2 is 2.00 bits per heavy atom. The Labute approximate surface area is 141 Å². The van der Waals surface area contributed by atoms with Gasteiger partial charge >= 0.3 is 5.97 Å². The predicted octanol–water partition coefficient (Wildman–Crippen LogP) is 1.63. The molecule has 0 aliphatic rings. The van der Waals surface area contributed by atoms with Crippen molar-refractivity contribution in [2.24, 2.45) is 0 Å². The zero-order valence-electron chi connectivity index (χ0n) is 11.7. The minimum Gasteiger partial charge on any atom is -0.465 e. The lowest BCUT2D eigenvalue weighted by atomic mass is 10.2. The van der Waals surface area contributed by atoms with Crippen molar-refractivity contribution in [1.82, 2.24) is 4.72 Å². The van der Waals surface area contributed by atoms with Crippen molar-refractivity contribution in [2.75, 3.05) is 11.0 Å². The van der Waals surface area contributed by atoms with Gasteiger partial charge in [0.15, 0.2) is 0 Å². The number of carbonyl (C=O) groups excluding carboxylic acids is 1. The number of hydrogen-bond acceptors (Lipinski definition) is 6. The van der Waals surface area contributed by atoms with Crippen LogP contribution in [0.15, 0.2) is 29.2 Å². The van der Waals surface area contributed by atoms with Crippen LogP contribution in [-0.2, 0) is 19.6 Å². The summed E-state index contributed by atoms with van der Waals surface area (Å²) in [6.07, 6.45) is 0.283. The average molecular weight is 442 g/mol. The molecule has 0 saturated carbocycles. The van der Waals surface area contributed by atoms with Crippen LogP contribution in [0.5, 0.6) is 0 Å². The van der Waals surface area contributed by atoms with Gasteiger partial charge in [0.2, 0.25) is 10.0 Å². The summed E-state index contributed by atoms with van der Waals surface area (Å²) in [5.74, 6) is -0.648. The molecule has 10 heteroatoms. The van der Waals surface area contributed by atoms with Crippen LogP contribution in [0, 0.1) is 10.1 Å². The number of nitrogens with one attached hydrogen (secondary N) is 1. The van der Waals surface area contributed by atoms with Gasteiger partial charge in [0.05, 0.1) is 16.4 Å². The van der Waals surface area contributed by atoms with Gasteiger partial charge in [-0.25, -0.2) is 8.42 Å². The molecule has 0 aromatic heterocycles. The Balaban J connectivity index is 2.96. The van der Waals surface area contributed by atoms with Crippen molar-refractivity contribution in [2.45, 2.75) is 24.3 Å². The van der Waals surface area contributed by atoms with Crippen LogP contribution < -0.4 is 4.72 Å². The highest BCUT2D eigenvalue weighted by Gasteiger charge is 2.26. The fraction of sp³-hybridized carbons (Fsp3) is 0.417. The molecular weight excluding hydrogens is 427 g/mol. The topological polar surface area (TPSA) is 116 Å². The summed E-state index contributed by atoms with van der Waals surface area (Å²) in [4.78, 5) is 21.5. The third-order valence-corrected chi connectivity index (χ3v) is 4.73. The van der Waals surface area contributed by atoms with E-state index in [1.807, 2.05) is 22.6 Å². The second-order valence-corrected chi connectivity index (χ2v) is 6.95. The van der Waals surface area contributed by atoms with E-state index in [0.717, 1.165) is 24.3 Å². The number of esters is 1. The standard InChI is InChI=1S/C12H15IN2O6S/c1-2-21-12(16)11(7-8-13)14-22(19,20)10-5-3-9(4-6-10)15(17)18/h3-6,11,14H,2,7-8H2,1H3/t11-/m0/s1. The van der Waals surface area contributed by atoms with Gasteiger partial charge in [0, 0.05) is 16.6 Å². The summed E-state index contributed by atoms with van der Waals surface area (Å²) in [5.41, 5.74) is -0.215. The van der Waals surface area contributed by atoms with Crippen molar-refractivity contribution < 1.29 is 22.9 Å². The molecule has 1 rings (SSSR count). The number of rotatable bonds is 8. The highest BCUT2D eigenvalue weighted by molar-refractivity contribution is 14.1. The average Bonchev–Trinajstić information content (AvgIpc) is 2.47. The maximum atomic E-state index is 12.2. The third kappa shape index (κ3) is 5.18. The lowest BCUT2D eigenvalue weighted by Crippen LogP contribution is -2.42. The van der Waals surface area contributed by atoms with Gasteiger partial charge in [-0.3, -0.25) is 14.9 Å². The first kappa shape index (κ1) is 18.8. The molecule has 22 heavy (non-hydrogen) atoms. The van der Waals surface area contributed by atoms with Crippen LogP contribution >= 0.6 is 22.6 Å². The van der Waals surface area contributed by atoms with Crippen LogP contribution in [-0.4, -0.2) is 36.4 Å². The number of non-ortho nitro benzene ring substituents is 1. The second kappa shape index (κ2) is 8.39. The van der Waals surface area contributed by atoms with Crippen molar-refractivity contribution >= 4 is 44.3 Å². The molecule has 0 amide bonds. The summed E-state index contributed by atoms with van der Waals surface area (Å²) in [6.45, 7) is 1.78. The summed E-state index contributed by atoms with van der Waals surface area (Å²) in [7, 11) is -3.96. The Morgan fingerprint density at radius 1 is 1.41 bits per heavy atom. The zero-order valence-corrected chi connectivity index (χ0v) is 14.7. The first-order valence-corrected chi connectivity index (χ1v) is 9.32. The number of benzene rings is 1. The molecule has 0 aliphatic heterocycles. The number of sulfonamides is 1. The molecule has 1 aromatic carbocycles. The molecule has 1 aromatic rings. The minimum absolute atomic E-state index is 0.149. The van der Waals surface area contributed by atoms with Crippen molar-refractivity contribution in [3.05, 3.63) is 34.4 Å². The summed E-state index contributed by atoms with van der Waals surface area (Å²) in [6, 6.07) is 3.43. The molecule has 0 aliphatic carbocycles. The highest BCUT2D eigenvalue weighted by atomic mass is 127. The summed E-state index contributed by atoms with van der Waals surface area (Å²) in [5, 5.41) is 10.6. The van der Waals surface area contributed by atoms with Crippen molar-refractivity contribution in [1.29, 1.82) is 0 Å². The van der Waals surface area contributed by atoms with E-state index in [9.17, 15) is 23.3 Å². The van der Waals surface area contributed by atoms with E-state index in [2.05, 4.69) is 4.72 Å². The van der Waals surface area contributed by atoms with Gasteiger partial charge in [0.1, 0.15) is 6.04 Å². The Bertz CT molecular complexity index is 632. The Morgan fingerprint density at radius 3 is 2.45 bits per heavy atom. The van der Waals surface area contributed by atoms with Crippen LogP contribution in [0.3, 0.4) is 0 Å². The molecule has 0 radical (unpaired) electrons. The normalized spacial score (nSPS) is 12.6. The van der Waals surface area contributed by atoms with Crippen molar-refractivity contribution in [3.63, 3.8) is 0 Å². The molecular formula is C12H15IN2O6S. The number of alkyl halides is 1. The van der Waals surface area contributed by atoms with Gasteiger partial charge in [-0.1, -0.05) is 22.6 Å². The molecule has 0 unspecified atom stereocenters. The highest BCUT2D eigenvalue weighted by Crippen LogP contribution is 2.16. The predicted molar refractivity (Wildman–Crippen MR) is 87.3 cm³/mol. The summed E-state index contributed by atoms with van der Waals surface area (Å²) >= 11 is 2.02. The van der Waals surface area contributed by atoms with Crippen molar-refractivity contribution in [3.8, 4) is 0 Å². The van der Waals surface area contributed by atoms with E-state index in [4.69, 9.17) is 4.74 Å². The van der Waals surface area contributed by atoms with Gasteiger partial charge < -0.3 is 4.74 Å².